The Hall–Kier alpha value is -1.10. The standard InChI is InChI=1S/C15H25N3O2/c1-17-6-2-12(3-7-17)14(20)18-8-4-15(5-9-18)10-13(19)16-11-15/h12H,2-11H2,1H3,(H,16,19). The highest BCUT2D eigenvalue weighted by Crippen LogP contribution is 2.38. The van der Waals surface area contributed by atoms with Crippen LogP contribution in [-0.4, -0.2) is 61.4 Å². The molecule has 0 atom stereocenters. The van der Waals surface area contributed by atoms with Crippen molar-refractivity contribution < 1.29 is 9.59 Å². The number of nitrogens with one attached hydrogen (secondary N) is 1. The van der Waals surface area contributed by atoms with Crippen LogP contribution in [0.4, 0.5) is 0 Å². The van der Waals surface area contributed by atoms with Crippen molar-refractivity contribution in [3.05, 3.63) is 0 Å². The van der Waals surface area contributed by atoms with Gasteiger partial charge in [0.25, 0.3) is 0 Å². The summed E-state index contributed by atoms with van der Waals surface area (Å²) in [6, 6.07) is 0. The lowest BCUT2D eigenvalue weighted by Gasteiger charge is -2.40. The smallest absolute Gasteiger partial charge is 0.225 e. The molecule has 3 rings (SSSR count). The summed E-state index contributed by atoms with van der Waals surface area (Å²) >= 11 is 0. The molecular weight excluding hydrogens is 254 g/mol. The van der Waals surface area contributed by atoms with E-state index in [1.165, 1.54) is 0 Å². The van der Waals surface area contributed by atoms with Gasteiger partial charge in [0.1, 0.15) is 0 Å². The van der Waals surface area contributed by atoms with Crippen LogP contribution in [-0.2, 0) is 9.59 Å². The second kappa shape index (κ2) is 5.35. The van der Waals surface area contributed by atoms with Gasteiger partial charge in [-0.1, -0.05) is 0 Å². The van der Waals surface area contributed by atoms with Gasteiger partial charge in [-0.2, -0.15) is 0 Å². The molecule has 112 valence electrons. The van der Waals surface area contributed by atoms with Crippen LogP contribution >= 0.6 is 0 Å². The van der Waals surface area contributed by atoms with E-state index in [1.54, 1.807) is 0 Å². The third-order valence-corrected chi connectivity index (χ3v) is 5.40. The van der Waals surface area contributed by atoms with E-state index in [1.807, 2.05) is 4.90 Å². The fraction of sp³-hybridized carbons (Fsp3) is 0.867. The number of hydrogen-bond acceptors (Lipinski definition) is 3. The third kappa shape index (κ3) is 2.68. The van der Waals surface area contributed by atoms with E-state index < -0.39 is 0 Å². The van der Waals surface area contributed by atoms with Gasteiger partial charge in [-0.3, -0.25) is 9.59 Å². The Morgan fingerprint density at radius 3 is 2.40 bits per heavy atom. The first-order valence-corrected chi connectivity index (χ1v) is 7.82. The van der Waals surface area contributed by atoms with Gasteiger partial charge in [0, 0.05) is 32.0 Å². The largest absolute Gasteiger partial charge is 0.356 e. The van der Waals surface area contributed by atoms with Crippen molar-refractivity contribution in [1.82, 2.24) is 15.1 Å². The average molecular weight is 279 g/mol. The normalized spacial score (nSPS) is 27.9. The highest BCUT2D eigenvalue weighted by atomic mass is 16.2. The van der Waals surface area contributed by atoms with Crippen molar-refractivity contribution in [2.45, 2.75) is 32.1 Å². The lowest BCUT2D eigenvalue weighted by Crippen LogP contribution is -2.47. The van der Waals surface area contributed by atoms with E-state index in [4.69, 9.17) is 0 Å². The molecular formula is C15H25N3O2. The second-order valence-corrected chi connectivity index (χ2v) is 6.86. The monoisotopic (exact) mass is 279 g/mol. The summed E-state index contributed by atoms with van der Waals surface area (Å²) < 4.78 is 0. The Morgan fingerprint density at radius 2 is 1.85 bits per heavy atom. The molecule has 3 fully saturated rings. The summed E-state index contributed by atoms with van der Waals surface area (Å²) in [6.45, 7) is 4.54. The van der Waals surface area contributed by atoms with E-state index in [-0.39, 0.29) is 17.2 Å². The summed E-state index contributed by atoms with van der Waals surface area (Å²) in [5.41, 5.74) is 0.140. The highest BCUT2D eigenvalue weighted by molar-refractivity contribution is 5.80. The summed E-state index contributed by atoms with van der Waals surface area (Å²) in [7, 11) is 2.12. The lowest BCUT2D eigenvalue weighted by molar-refractivity contribution is -0.139. The maximum atomic E-state index is 12.6. The zero-order valence-corrected chi connectivity index (χ0v) is 12.4. The topological polar surface area (TPSA) is 52.7 Å². The first kappa shape index (κ1) is 13.9. The second-order valence-electron chi connectivity index (χ2n) is 6.86. The summed E-state index contributed by atoms with van der Waals surface area (Å²) in [5.74, 6) is 0.758. The van der Waals surface area contributed by atoms with Crippen LogP contribution in [0.3, 0.4) is 0 Å². The molecule has 0 saturated carbocycles. The molecule has 1 N–H and O–H groups in total. The Kier molecular flexibility index (Phi) is 3.71. The van der Waals surface area contributed by atoms with Crippen molar-refractivity contribution >= 4 is 11.8 Å². The van der Waals surface area contributed by atoms with Crippen LogP contribution in [0.25, 0.3) is 0 Å². The third-order valence-electron chi connectivity index (χ3n) is 5.40. The molecule has 1 spiro atoms. The molecule has 3 aliphatic heterocycles. The number of hydrogen-bond donors (Lipinski definition) is 1. The van der Waals surface area contributed by atoms with E-state index in [0.29, 0.717) is 12.3 Å². The molecule has 5 nitrogen and oxygen atoms in total. The van der Waals surface area contributed by atoms with Gasteiger partial charge in [-0.25, -0.2) is 0 Å². The van der Waals surface area contributed by atoms with Crippen LogP contribution in [0.2, 0.25) is 0 Å². The van der Waals surface area contributed by atoms with Crippen LogP contribution in [0.1, 0.15) is 32.1 Å². The van der Waals surface area contributed by atoms with E-state index in [2.05, 4.69) is 17.3 Å². The zero-order valence-electron chi connectivity index (χ0n) is 12.4. The molecule has 0 aromatic carbocycles. The Labute approximate surface area is 120 Å². The van der Waals surface area contributed by atoms with Crippen LogP contribution in [0, 0.1) is 11.3 Å². The average Bonchev–Trinajstić information content (AvgIpc) is 2.81. The SMILES string of the molecule is CN1CCC(C(=O)N2CCC3(CC2)CNC(=O)C3)CC1. The lowest BCUT2D eigenvalue weighted by atomic mass is 9.77. The number of carbonyl (C=O) groups excluding carboxylic acids is 2. The predicted octanol–water partition coefficient (Wildman–Crippen LogP) is 0.457. The van der Waals surface area contributed by atoms with Crippen molar-refractivity contribution in [3.63, 3.8) is 0 Å². The van der Waals surface area contributed by atoms with E-state index in [9.17, 15) is 9.59 Å². The number of rotatable bonds is 1. The zero-order chi connectivity index (χ0) is 14.2. The molecule has 0 unspecified atom stereocenters. The molecule has 3 aliphatic rings. The molecule has 3 saturated heterocycles. The minimum Gasteiger partial charge on any atom is -0.356 e. The van der Waals surface area contributed by atoms with E-state index in [0.717, 1.165) is 58.4 Å². The number of likely N-dealkylation sites (tertiary alicyclic amines) is 2. The molecule has 0 bridgehead atoms. The van der Waals surface area contributed by atoms with Gasteiger partial charge < -0.3 is 15.1 Å². The van der Waals surface area contributed by atoms with Gasteiger partial charge in [-0.05, 0) is 51.2 Å². The fourth-order valence-electron chi connectivity index (χ4n) is 3.82. The Bertz CT molecular complexity index is 394. The fourth-order valence-corrected chi connectivity index (χ4v) is 3.82. The molecule has 0 aliphatic carbocycles. The van der Waals surface area contributed by atoms with Crippen molar-refractivity contribution in [3.8, 4) is 0 Å². The molecule has 20 heavy (non-hydrogen) atoms. The van der Waals surface area contributed by atoms with Crippen molar-refractivity contribution in [1.29, 1.82) is 0 Å². The molecule has 0 aromatic rings. The van der Waals surface area contributed by atoms with Crippen LogP contribution < -0.4 is 5.32 Å². The quantitative estimate of drug-likeness (QED) is 0.758. The van der Waals surface area contributed by atoms with Gasteiger partial charge in [0.2, 0.25) is 11.8 Å². The van der Waals surface area contributed by atoms with Crippen molar-refractivity contribution in [2.24, 2.45) is 11.3 Å². The Balaban J connectivity index is 1.53. The first-order valence-electron chi connectivity index (χ1n) is 7.82. The number of nitrogens with zero attached hydrogens (tertiary/aromatic N) is 2. The number of piperidine rings is 2. The van der Waals surface area contributed by atoms with Gasteiger partial charge in [0.15, 0.2) is 0 Å². The highest BCUT2D eigenvalue weighted by Gasteiger charge is 2.42. The molecule has 0 radical (unpaired) electrons. The maximum absolute atomic E-state index is 12.6. The van der Waals surface area contributed by atoms with Gasteiger partial charge in [0.05, 0.1) is 0 Å². The first-order chi connectivity index (χ1) is 9.58. The summed E-state index contributed by atoms with van der Waals surface area (Å²) in [6.07, 6.45) is 4.60. The molecule has 3 heterocycles. The maximum Gasteiger partial charge on any atom is 0.225 e. The number of amides is 2. The van der Waals surface area contributed by atoms with Crippen LogP contribution in [0.15, 0.2) is 0 Å². The minimum atomic E-state index is 0.140. The Morgan fingerprint density at radius 1 is 1.20 bits per heavy atom. The molecule has 5 heteroatoms. The summed E-state index contributed by atoms with van der Waals surface area (Å²) in [5, 5.41) is 2.94. The van der Waals surface area contributed by atoms with Gasteiger partial charge in [-0.15, -0.1) is 0 Å². The minimum absolute atomic E-state index is 0.140. The van der Waals surface area contributed by atoms with E-state index >= 15 is 0 Å². The number of carbonyl (C=O) groups is 2. The molecule has 0 aromatic heterocycles. The van der Waals surface area contributed by atoms with Gasteiger partial charge >= 0.3 is 0 Å². The van der Waals surface area contributed by atoms with Crippen molar-refractivity contribution in [2.75, 3.05) is 39.8 Å². The summed E-state index contributed by atoms with van der Waals surface area (Å²) in [4.78, 5) is 28.3. The van der Waals surface area contributed by atoms with Crippen LogP contribution in [0.5, 0.6) is 0 Å². The molecule has 2 amide bonds. The predicted molar refractivity (Wildman–Crippen MR) is 76.1 cm³/mol.